The quantitative estimate of drug-likeness (QED) is 0.782. The van der Waals surface area contributed by atoms with Crippen LogP contribution in [0.3, 0.4) is 0 Å². The molecule has 1 aromatic rings. The van der Waals surface area contributed by atoms with E-state index in [2.05, 4.69) is 11.1 Å². The monoisotopic (exact) mass is 316 g/mol. The van der Waals surface area contributed by atoms with Crippen LogP contribution >= 0.6 is 0 Å². The molecule has 1 atom stereocenters. The number of morpholine rings is 2. The smallest absolute Gasteiger partial charge is 0.253 e. The Kier molecular flexibility index (Phi) is 4.74. The number of pyridine rings is 1. The predicted molar refractivity (Wildman–Crippen MR) is 83.0 cm³/mol. The Hall–Kier alpha value is -2.17. The summed E-state index contributed by atoms with van der Waals surface area (Å²) in [6.07, 6.45) is -0.518. The number of carbonyl (C=O) groups is 1. The lowest BCUT2D eigenvalue weighted by Crippen LogP contribution is -2.53. The van der Waals surface area contributed by atoms with Gasteiger partial charge in [-0.25, -0.2) is 4.98 Å². The first-order valence-electron chi connectivity index (χ1n) is 7.80. The first kappa shape index (κ1) is 15.7. The molecule has 1 amide bonds. The van der Waals surface area contributed by atoms with Crippen molar-refractivity contribution in [2.45, 2.75) is 13.0 Å². The van der Waals surface area contributed by atoms with Crippen LogP contribution in [0.1, 0.15) is 11.3 Å². The Morgan fingerprint density at radius 2 is 2.09 bits per heavy atom. The zero-order valence-electron chi connectivity index (χ0n) is 13.2. The van der Waals surface area contributed by atoms with Gasteiger partial charge in [-0.05, 0) is 19.1 Å². The fourth-order valence-corrected chi connectivity index (χ4v) is 2.85. The van der Waals surface area contributed by atoms with Gasteiger partial charge in [-0.2, -0.15) is 5.26 Å². The Balaban J connectivity index is 1.74. The van der Waals surface area contributed by atoms with Gasteiger partial charge in [-0.3, -0.25) is 4.79 Å². The van der Waals surface area contributed by atoms with E-state index in [9.17, 15) is 10.1 Å². The molecule has 23 heavy (non-hydrogen) atoms. The van der Waals surface area contributed by atoms with Crippen LogP contribution in [-0.4, -0.2) is 67.9 Å². The fourth-order valence-electron chi connectivity index (χ4n) is 2.85. The van der Waals surface area contributed by atoms with Gasteiger partial charge in [0, 0.05) is 25.3 Å². The number of aryl methyl sites for hydroxylation is 1. The third kappa shape index (κ3) is 3.44. The lowest BCUT2D eigenvalue weighted by Gasteiger charge is -2.36. The molecule has 0 saturated carbocycles. The summed E-state index contributed by atoms with van der Waals surface area (Å²) in [5, 5.41) is 9.28. The molecule has 3 rings (SSSR count). The molecule has 2 aliphatic heterocycles. The van der Waals surface area contributed by atoms with E-state index in [1.165, 1.54) is 0 Å². The highest BCUT2D eigenvalue weighted by Gasteiger charge is 2.32. The van der Waals surface area contributed by atoms with E-state index in [1.54, 1.807) is 11.0 Å². The van der Waals surface area contributed by atoms with Gasteiger partial charge < -0.3 is 19.3 Å². The van der Waals surface area contributed by atoms with Crippen LogP contribution in [0.5, 0.6) is 0 Å². The molecule has 0 radical (unpaired) electrons. The van der Waals surface area contributed by atoms with Gasteiger partial charge in [0.05, 0.1) is 31.9 Å². The summed E-state index contributed by atoms with van der Waals surface area (Å²) >= 11 is 0. The maximum atomic E-state index is 12.6. The van der Waals surface area contributed by atoms with Gasteiger partial charge in [0.15, 0.2) is 6.10 Å². The summed E-state index contributed by atoms with van der Waals surface area (Å²) in [4.78, 5) is 20.8. The van der Waals surface area contributed by atoms with E-state index in [0.717, 1.165) is 5.69 Å². The van der Waals surface area contributed by atoms with E-state index in [1.807, 2.05) is 17.9 Å². The number of rotatable bonds is 2. The zero-order chi connectivity index (χ0) is 16.2. The minimum absolute atomic E-state index is 0.0100. The molecule has 122 valence electrons. The molecule has 1 unspecified atom stereocenters. The summed E-state index contributed by atoms with van der Waals surface area (Å²) in [5.41, 5.74) is 1.37. The van der Waals surface area contributed by atoms with Gasteiger partial charge >= 0.3 is 0 Å². The van der Waals surface area contributed by atoms with Gasteiger partial charge in [-0.15, -0.1) is 0 Å². The van der Waals surface area contributed by atoms with Crippen molar-refractivity contribution in [2.75, 3.05) is 50.9 Å². The molecule has 7 heteroatoms. The van der Waals surface area contributed by atoms with Crippen molar-refractivity contribution in [1.29, 1.82) is 5.26 Å². The number of hydrogen-bond acceptors (Lipinski definition) is 6. The molecular formula is C16H20N4O3. The van der Waals surface area contributed by atoms with Gasteiger partial charge in [-0.1, -0.05) is 0 Å². The van der Waals surface area contributed by atoms with Crippen molar-refractivity contribution in [3.05, 3.63) is 23.4 Å². The van der Waals surface area contributed by atoms with Crippen LogP contribution in [0.4, 0.5) is 5.82 Å². The fraction of sp³-hybridized carbons (Fsp3) is 0.562. The number of amides is 1. The second-order valence-electron chi connectivity index (χ2n) is 5.68. The number of aromatic nitrogens is 1. The first-order chi connectivity index (χ1) is 11.2. The normalized spacial score (nSPS) is 21.8. The molecule has 0 aromatic carbocycles. The Labute approximate surface area is 135 Å². The molecule has 0 bridgehead atoms. The predicted octanol–water partition coefficient (Wildman–Crippen LogP) is 0.326. The molecule has 2 aliphatic rings. The van der Waals surface area contributed by atoms with Crippen molar-refractivity contribution in [2.24, 2.45) is 0 Å². The average molecular weight is 316 g/mol. The van der Waals surface area contributed by atoms with Crippen LogP contribution in [0.15, 0.2) is 12.1 Å². The minimum Gasteiger partial charge on any atom is -0.378 e. The zero-order valence-corrected chi connectivity index (χ0v) is 13.2. The summed E-state index contributed by atoms with van der Waals surface area (Å²) in [6, 6.07) is 5.76. The summed E-state index contributed by atoms with van der Waals surface area (Å²) in [7, 11) is 0. The molecule has 0 spiro atoms. The number of anilines is 1. The number of carbonyl (C=O) groups excluding carboxylic acids is 1. The maximum absolute atomic E-state index is 12.6. The van der Waals surface area contributed by atoms with Crippen LogP contribution in [0.25, 0.3) is 0 Å². The SMILES string of the molecule is Cc1ccc(C#N)c(N2CCOC(C(=O)N3CCOCC3)C2)n1. The molecule has 2 saturated heterocycles. The van der Waals surface area contributed by atoms with E-state index in [0.29, 0.717) is 57.4 Å². The van der Waals surface area contributed by atoms with Crippen LogP contribution in [-0.2, 0) is 14.3 Å². The average Bonchev–Trinajstić information content (AvgIpc) is 2.62. The third-order valence-electron chi connectivity index (χ3n) is 4.10. The maximum Gasteiger partial charge on any atom is 0.253 e. The van der Waals surface area contributed by atoms with Crippen LogP contribution < -0.4 is 4.90 Å². The van der Waals surface area contributed by atoms with Crippen molar-refractivity contribution in [3.8, 4) is 6.07 Å². The molecule has 0 aliphatic carbocycles. The Morgan fingerprint density at radius 1 is 1.30 bits per heavy atom. The van der Waals surface area contributed by atoms with Crippen molar-refractivity contribution in [1.82, 2.24) is 9.88 Å². The third-order valence-corrected chi connectivity index (χ3v) is 4.10. The molecule has 2 fully saturated rings. The van der Waals surface area contributed by atoms with E-state index in [4.69, 9.17) is 9.47 Å². The number of nitrogens with zero attached hydrogens (tertiary/aromatic N) is 4. The Morgan fingerprint density at radius 3 is 2.83 bits per heavy atom. The lowest BCUT2D eigenvalue weighted by atomic mass is 10.2. The minimum atomic E-state index is -0.518. The molecule has 0 N–H and O–H groups in total. The van der Waals surface area contributed by atoms with Gasteiger partial charge in [0.25, 0.3) is 5.91 Å². The van der Waals surface area contributed by atoms with E-state index in [-0.39, 0.29) is 5.91 Å². The molecular weight excluding hydrogens is 296 g/mol. The van der Waals surface area contributed by atoms with E-state index >= 15 is 0 Å². The second kappa shape index (κ2) is 6.94. The molecule has 7 nitrogen and oxygen atoms in total. The van der Waals surface area contributed by atoms with Gasteiger partial charge in [0.2, 0.25) is 0 Å². The first-order valence-corrected chi connectivity index (χ1v) is 7.80. The number of ether oxygens (including phenoxy) is 2. The van der Waals surface area contributed by atoms with E-state index < -0.39 is 6.10 Å². The van der Waals surface area contributed by atoms with Crippen molar-refractivity contribution < 1.29 is 14.3 Å². The van der Waals surface area contributed by atoms with Crippen molar-refractivity contribution in [3.63, 3.8) is 0 Å². The lowest BCUT2D eigenvalue weighted by molar-refractivity contribution is -0.148. The molecule has 1 aromatic heterocycles. The van der Waals surface area contributed by atoms with Gasteiger partial charge in [0.1, 0.15) is 11.9 Å². The largest absolute Gasteiger partial charge is 0.378 e. The highest BCUT2D eigenvalue weighted by atomic mass is 16.5. The topological polar surface area (TPSA) is 78.7 Å². The van der Waals surface area contributed by atoms with Crippen molar-refractivity contribution >= 4 is 11.7 Å². The standard InChI is InChI=1S/C16H20N4O3/c1-12-2-3-13(10-17)15(18-12)20-6-9-23-14(11-20)16(21)19-4-7-22-8-5-19/h2-3,14H,4-9,11H2,1H3. The highest BCUT2D eigenvalue weighted by molar-refractivity contribution is 5.82. The highest BCUT2D eigenvalue weighted by Crippen LogP contribution is 2.21. The second-order valence-corrected chi connectivity index (χ2v) is 5.68. The summed E-state index contributed by atoms with van der Waals surface area (Å²) in [5.74, 6) is 0.625. The van der Waals surface area contributed by atoms with Crippen LogP contribution in [0.2, 0.25) is 0 Å². The molecule has 3 heterocycles. The number of nitriles is 1. The number of hydrogen-bond donors (Lipinski definition) is 0. The summed E-state index contributed by atoms with van der Waals surface area (Å²) in [6.45, 7) is 5.72. The van der Waals surface area contributed by atoms with Crippen LogP contribution in [0, 0.1) is 18.3 Å². The summed E-state index contributed by atoms with van der Waals surface area (Å²) < 4.78 is 10.9. The Bertz CT molecular complexity index is 622.